The molecule has 0 atom stereocenters. The molecule has 160 valence electrons. The lowest BCUT2D eigenvalue weighted by Gasteiger charge is -2.18. The molecule has 3 rings (SSSR count). The van der Waals surface area contributed by atoms with Crippen LogP contribution in [0, 0.1) is 0 Å². The summed E-state index contributed by atoms with van der Waals surface area (Å²) in [4.78, 5) is 22.0. The molecule has 0 unspecified atom stereocenters. The molecule has 0 radical (unpaired) electrons. The lowest BCUT2D eigenvalue weighted by atomic mass is 10.1. The minimum Gasteiger partial charge on any atom is -0.339 e. The van der Waals surface area contributed by atoms with E-state index >= 15 is 0 Å². The second-order valence-electron chi connectivity index (χ2n) is 6.92. The number of aromatic amines is 1. The molecule has 1 aliphatic heterocycles. The molecule has 5 heteroatoms. The Morgan fingerprint density at radius 2 is 2.00 bits per heavy atom. The number of pyridine rings is 1. The molecule has 0 bridgehead atoms. The van der Waals surface area contributed by atoms with Crippen molar-refractivity contribution in [2.45, 2.75) is 34.6 Å². The molecule has 1 amide bonds. The zero-order chi connectivity index (χ0) is 22.1. The molecular weight excluding hydrogens is 372 g/mol. The number of rotatable bonds is 7. The molecule has 0 fully saturated rings. The van der Waals surface area contributed by atoms with E-state index in [4.69, 9.17) is 0 Å². The quantitative estimate of drug-likeness (QED) is 0.505. The van der Waals surface area contributed by atoms with Crippen molar-refractivity contribution in [3.8, 4) is 0 Å². The van der Waals surface area contributed by atoms with Gasteiger partial charge < -0.3 is 15.2 Å². The van der Waals surface area contributed by atoms with Crippen LogP contribution in [0.2, 0.25) is 0 Å². The third-order valence-electron chi connectivity index (χ3n) is 5.03. The Balaban J connectivity index is 0.00000155. The molecule has 0 spiro atoms. The normalized spacial score (nSPS) is 13.9. The van der Waals surface area contributed by atoms with Crippen molar-refractivity contribution in [3.05, 3.63) is 66.0 Å². The number of aromatic nitrogens is 2. The van der Waals surface area contributed by atoms with Crippen LogP contribution in [0.15, 0.2) is 54.8 Å². The van der Waals surface area contributed by atoms with Crippen molar-refractivity contribution in [2.24, 2.45) is 0 Å². The van der Waals surface area contributed by atoms with Gasteiger partial charge in [0.25, 0.3) is 0 Å². The Kier molecular flexibility index (Phi) is 8.81. The monoisotopic (exact) mass is 406 g/mol. The van der Waals surface area contributed by atoms with Crippen LogP contribution in [-0.4, -0.2) is 47.0 Å². The highest BCUT2D eigenvalue weighted by Crippen LogP contribution is 2.24. The zero-order valence-electron chi connectivity index (χ0n) is 18.9. The maximum Gasteiger partial charge on any atom is 0.249 e. The number of allylic oxidation sites excluding steroid dienone is 4. The Labute approximate surface area is 180 Å². The van der Waals surface area contributed by atoms with E-state index in [1.54, 1.807) is 0 Å². The van der Waals surface area contributed by atoms with E-state index in [-0.39, 0.29) is 5.91 Å². The van der Waals surface area contributed by atoms with Gasteiger partial charge in [-0.2, -0.15) is 0 Å². The van der Waals surface area contributed by atoms with E-state index in [9.17, 15) is 4.79 Å². The number of likely N-dealkylation sites (N-methyl/N-ethyl adjacent to an activating group) is 1. The molecule has 1 aliphatic rings. The Morgan fingerprint density at radius 1 is 1.27 bits per heavy atom. The van der Waals surface area contributed by atoms with E-state index < -0.39 is 0 Å². The maximum atomic E-state index is 12.3. The lowest BCUT2D eigenvalue weighted by molar-refractivity contribution is -0.126. The largest absolute Gasteiger partial charge is 0.339 e. The average molecular weight is 407 g/mol. The minimum atomic E-state index is 0.0684. The number of hydrogen-bond acceptors (Lipinski definition) is 3. The van der Waals surface area contributed by atoms with Gasteiger partial charge in [-0.05, 0) is 44.1 Å². The van der Waals surface area contributed by atoms with Crippen LogP contribution in [0.1, 0.15) is 45.9 Å². The van der Waals surface area contributed by atoms with Crippen LogP contribution in [0.5, 0.6) is 0 Å². The fraction of sp³-hybridized carbons (Fsp3) is 0.360. The highest BCUT2D eigenvalue weighted by Gasteiger charge is 2.11. The molecule has 0 saturated heterocycles. The van der Waals surface area contributed by atoms with Crippen LogP contribution in [0.4, 0.5) is 0 Å². The van der Waals surface area contributed by atoms with E-state index in [0.717, 1.165) is 46.5 Å². The first-order chi connectivity index (χ1) is 14.5. The molecule has 0 aliphatic carbocycles. The smallest absolute Gasteiger partial charge is 0.249 e. The van der Waals surface area contributed by atoms with Gasteiger partial charge in [-0.25, -0.2) is 4.98 Å². The van der Waals surface area contributed by atoms with E-state index in [1.807, 2.05) is 63.9 Å². The number of nitrogens with one attached hydrogen (secondary N) is 2. The first-order valence-electron chi connectivity index (χ1n) is 10.8. The molecule has 3 heterocycles. The molecule has 0 aromatic carbocycles. The fourth-order valence-electron chi connectivity index (χ4n) is 3.28. The number of hydrogen-bond donors (Lipinski definition) is 2. The fourth-order valence-corrected chi connectivity index (χ4v) is 3.28. The molecule has 2 aromatic heterocycles. The van der Waals surface area contributed by atoms with Crippen molar-refractivity contribution in [2.75, 3.05) is 26.2 Å². The first-order valence-corrected chi connectivity index (χ1v) is 10.8. The number of nitrogens with zero attached hydrogens (tertiary/aromatic N) is 2. The van der Waals surface area contributed by atoms with Crippen LogP contribution in [0.3, 0.4) is 0 Å². The van der Waals surface area contributed by atoms with Gasteiger partial charge in [0.2, 0.25) is 5.91 Å². The maximum absolute atomic E-state index is 12.3. The topological polar surface area (TPSA) is 61.0 Å². The number of fused-ring (bicyclic) bond motifs is 1. The lowest BCUT2D eigenvalue weighted by Crippen LogP contribution is -2.30. The predicted molar refractivity (Wildman–Crippen MR) is 128 cm³/mol. The standard InChI is InChI=1S/C23H28N4O.C2H6/c1-5-27(6-2)23(28)17(4)9-7-8-16(3)20-12-19-13-21(18-10-11-24-14-18)26-22(19)25-15-20;1-2/h7-10,12-13,15,24H,3,5-6,11,14H2,1-2,4H3,(H,25,26);1-2H3/b8-7-,17-9+;. The third kappa shape index (κ3) is 5.57. The van der Waals surface area contributed by atoms with Crippen LogP contribution in [-0.2, 0) is 4.79 Å². The Hall–Kier alpha value is -2.92. The third-order valence-corrected chi connectivity index (χ3v) is 5.03. The number of H-pyrrole nitrogens is 1. The summed E-state index contributed by atoms with van der Waals surface area (Å²) in [5.74, 6) is 0.0684. The number of carbonyl (C=O) groups excluding carboxylic acids is 1. The molecule has 30 heavy (non-hydrogen) atoms. The van der Waals surface area contributed by atoms with E-state index in [0.29, 0.717) is 13.1 Å². The zero-order valence-corrected chi connectivity index (χ0v) is 18.9. The van der Waals surface area contributed by atoms with Crippen LogP contribution < -0.4 is 5.32 Å². The molecule has 0 saturated carbocycles. The summed E-state index contributed by atoms with van der Waals surface area (Å²) in [6.07, 6.45) is 9.65. The van der Waals surface area contributed by atoms with Gasteiger partial charge in [0, 0.05) is 54.6 Å². The van der Waals surface area contributed by atoms with Gasteiger partial charge >= 0.3 is 0 Å². The molecular formula is C25H34N4O. The average Bonchev–Trinajstić information content (AvgIpc) is 3.44. The summed E-state index contributed by atoms with van der Waals surface area (Å²) >= 11 is 0. The summed E-state index contributed by atoms with van der Waals surface area (Å²) in [6, 6.07) is 4.23. The van der Waals surface area contributed by atoms with E-state index in [1.165, 1.54) is 5.57 Å². The Morgan fingerprint density at radius 3 is 2.63 bits per heavy atom. The second-order valence-corrected chi connectivity index (χ2v) is 6.92. The summed E-state index contributed by atoms with van der Waals surface area (Å²) in [5, 5.41) is 4.38. The molecule has 5 nitrogen and oxygen atoms in total. The Bertz CT molecular complexity index is 974. The van der Waals surface area contributed by atoms with Gasteiger partial charge in [0.1, 0.15) is 5.65 Å². The number of amides is 1. The van der Waals surface area contributed by atoms with Gasteiger partial charge in [-0.1, -0.05) is 44.7 Å². The first kappa shape index (κ1) is 23.4. The van der Waals surface area contributed by atoms with Gasteiger partial charge in [0.05, 0.1) is 0 Å². The molecule has 2 aromatic rings. The predicted octanol–water partition coefficient (Wildman–Crippen LogP) is 4.96. The summed E-state index contributed by atoms with van der Waals surface area (Å²) in [6.45, 7) is 17.2. The highest BCUT2D eigenvalue weighted by molar-refractivity contribution is 5.93. The summed E-state index contributed by atoms with van der Waals surface area (Å²) < 4.78 is 0. The van der Waals surface area contributed by atoms with Gasteiger partial charge in [0.15, 0.2) is 0 Å². The van der Waals surface area contributed by atoms with Crippen molar-refractivity contribution in [3.63, 3.8) is 0 Å². The van der Waals surface area contributed by atoms with Crippen molar-refractivity contribution in [1.29, 1.82) is 0 Å². The van der Waals surface area contributed by atoms with Crippen molar-refractivity contribution < 1.29 is 4.79 Å². The van der Waals surface area contributed by atoms with Crippen LogP contribution >= 0.6 is 0 Å². The summed E-state index contributed by atoms with van der Waals surface area (Å²) in [7, 11) is 0. The highest BCUT2D eigenvalue weighted by atomic mass is 16.2. The van der Waals surface area contributed by atoms with Gasteiger partial charge in [-0.15, -0.1) is 0 Å². The summed E-state index contributed by atoms with van der Waals surface area (Å²) in [5.41, 5.74) is 5.81. The van der Waals surface area contributed by atoms with Crippen molar-refractivity contribution in [1.82, 2.24) is 20.2 Å². The SMILES string of the molecule is C=C(/C=C\C=C(/C)C(=O)N(CC)CC)c1cnc2[nH]c(C3=CCNC3)cc2c1.CC. The van der Waals surface area contributed by atoms with Crippen LogP contribution in [0.25, 0.3) is 22.2 Å². The number of carbonyl (C=O) groups is 1. The van der Waals surface area contributed by atoms with Crippen molar-refractivity contribution >= 4 is 28.1 Å². The van der Waals surface area contributed by atoms with Gasteiger partial charge in [-0.3, -0.25) is 4.79 Å². The van der Waals surface area contributed by atoms with E-state index in [2.05, 4.69) is 40.1 Å². The molecule has 2 N–H and O–H groups in total. The second kappa shape index (κ2) is 11.3. The minimum absolute atomic E-state index is 0.0684.